The predicted octanol–water partition coefficient (Wildman–Crippen LogP) is 3.84. The summed E-state index contributed by atoms with van der Waals surface area (Å²) in [7, 11) is 0. The monoisotopic (exact) mass is 421 g/mol. The minimum Gasteiger partial charge on any atom is -0.349 e. The van der Waals surface area contributed by atoms with Crippen LogP contribution in [-0.2, 0) is 11.3 Å². The molecular weight excluding hydrogens is 398 g/mol. The Morgan fingerprint density at radius 3 is 2.70 bits per heavy atom. The van der Waals surface area contributed by atoms with Crippen LogP contribution in [0.1, 0.15) is 35.2 Å². The van der Waals surface area contributed by atoms with Crippen LogP contribution in [0.25, 0.3) is 11.4 Å². The van der Waals surface area contributed by atoms with Crippen molar-refractivity contribution in [2.24, 2.45) is 0 Å². The van der Waals surface area contributed by atoms with E-state index in [0.717, 1.165) is 24.0 Å². The SMILES string of the molecule is Cc1ccc(-c2n[nH]c(=S)n2CCC(=O)Nc2cccc(C(=O)NC3CC3)c2)cc1. The van der Waals surface area contributed by atoms with Crippen molar-refractivity contribution in [3.8, 4) is 11.4 Å². The number of amides is 2. The second-order valence-corrected chi connectivity index (χ2v) is 7.88. The van der Waals surface area contributed by atoms with Crippen molar-refractivity contribution in [1.82, 2.24) is 20.1 Å². The first-order valence-electron chi connectivity index (χ1n) is 9.92. The molecule has 4 rings (SSSR count). The van der Waals surface area contributed by atoms with Crippen LogP contribution >= 0.6 is 12.2 Å². The number of rotatable bonds is 7. The van der Waals surface area contributed by atoms with Gasteiger partial charge in [-0.1, -0.05) is 35.9 Å². The first kappa shape index (κ1) is 20.0. The summed E-state index contributed by atoms with van der Waals surface area (Å²) in [5.74, 6) is 0.431. The second kappa shape index (κ2) is 8.62. The van der Waals surface area contributed by atoms with E-state index in [9.17, 15) is 9.59 Å². The van der Waals surface area contributed by atoms with Crippen molar-refractivity contribution in [1.29, 1.82) is 0 Å². The summed E-state index contributed by atoms with van der Waals surface area (Å²) >= 11 is 5.33. The fourth-order valence-corrected chi connectivity index (χ4v) is 3.34. The first-order chi connectivity index (χ1) is 14.5. The zero-order valence-corrected chi connectivity index (χ0v) is 17.5. The van der Waals surface area contributed by atoms with E-state index >= 15 is 0 Å². The van der Waals surface area contributed by atoms with E-state index in [-0.39, 0.29) is 24.3 Å². The van der Waals surface area contributed by atoms with Crippen molar-refractivity contribution >= 4 is 29.7 Å². The summed E-state index contributed by atoms with van der Waals surface area (Å²) < 4.78 is 2.29. The van der Waals surface area contributed by atoms with Gasteiger partial charge in [0.15, 0.2) is 10.6 Å². The summed E-state index contributed by atoms with van der Waals surface area (Å²) in [6.45, 7) is 2.42. The number of carbonyl (C=O) groups is 2. The number of aryl methyl sites for hydroxylation is 1. The van der Waals surface area contributed by atoms with E-state index in [1.54, 1.807) is 24.3 Å². The molecule has 0 unspecified atom stereocenters. The highest BCUT2D eigenvalue weighted by Gasteiger charge is 2.23. The van der Waals surface area contributed by atoms with Gasteiger partial charge in [0.05, 0.1) is 0 Å². The summed E-state index contributed by atoms with van der Waals surface area (Å²) in [6, 6.07) is 15.2. The number of aromatic nitrogens is 3. The Morgan fingerprint density at radius 1 is 1.20 bits per heavy atom. The number of hydrogen-bond acceptors (Lipinski definition) is 4. The minimum atomic E-state index is -0.160. The molecule has 7 nitrogen and oxygen atoms in total. The summed E-state index contributed by atoms with van der Waals surface area (Å²) in [5.41, 5.74) is 3.23. The van der Waals surface area contributed by atoms with Crippen LogP contribution in [0.2, 0.25) is 0 Å². The van der Waals surface area contributed by atoms with Crippen LogP contribution in [-0.4, -0.2) is 32.6 Å². The number of aromatic amines is 1. The number of nitrogens with zero attached hydrogens (tertiary/aromatic N) is 2. The van der Waals surface area contributed by atoms with Crippen molar-refractivity contribution in [2.45, 2.75) is 38.8 Å². The number of nitrogens with one attached hydrogen (secondary N) is 3. The normalized spacial score (nSPS) is 13.1. The smallest absolute Gasteiger partial charge is 0.251 e. The molecule has 3 aromatic rings. The largest absolute Gasteiger partial charge is 0.349 e. The summed E-state index contributed by atoms with van der Waals surface area (Å²) in [5, 5.41) is 12.9. The van der Waals surface area contributed by atoms with Gasteiger partial charge in [-0.15, -0.1) is 0 Å². The van der Waals surface area contributed by atoms with Crippen LogP contribution in [0.4, 0.5) is 5.69 Å². The van der Waals surface area contributed by atoms with Gasteiger partial charge >= 0.3 is 0 Å². The molecule has 2 amide bonds. The molecule has 1 aliphatic carbocycles. The molecule has 30 heavy (non-hydrogen) atoms. The quantitative estimate of drug-likeness (QED) is 0.506. The van der Waals surface area contributed by atoms with Gasteiger partial charge in [0, 0.05) is 35.8 Å². The Bertz CT molecular complexity index is 1130. The fraction of sp³-hybridized carbons (Fsp3) is 0.273. The minimum absolute atomic E-state index is 0.110. The third kappa shape index (κ3) is 4.83. The van der Waals surface area contributed by atoms with Gasteiger partial charge in [-0.2, -0.15) is 5.10 Å². The van der Waals surface area contributed by atoms with E-state index in [0.29, 0.717) is 28.4 Å². The van der Waals surface area contributed by atoms with E-state index in [2.05, 4.69) is 20.8 Å². The lowest BCUT2D eigenvalue weighted by molar-refractivity contribution is -0.116. The lowest BCUT2D eigenvalue weighted by Crippen LogP contribution is -2.25. The maximum absolute atomic E-state index is 12.5. The molecule has 1 fully saturated rings. The number of hydrogen-bond donors (Lipinski definition) is 3. The highest BCUT2D eigenvalue weighted by Crippen LogP contribution is 2.20. The lowest BCUT2D eigenvalue weighted by atomic mass is 10.1. The highest BCUT2D eigenvalue weighted by molar-refractivity contribution is 7.71. The molecular formula is C22H23N5O2S. The zero-order chi connectivity index (χ0) is 21.1. The Morgan fingerprint density at radius 2 is 1.97 bits per heavy atom. The molecule has 0 saturated heterocycles. The van der Waals surface area contributed by atoms with Crippen LogP contribution in [0.3, 0.4) is 0 Å². The van der Waals surface area contributed by atoms with E-state index in [1.165, 1.54) is 0 Å². The molecule has 1 aliphatic rings. The van der Waals surface area contributed by atoms with E-state index < -0.39 is 0 Å². The van der Waals surface area contributed by atoms with Crippen molar-refractivity contribution in [3.05, 3.63) is 64.4 Å². The molecule has 0 aliphatic heterocycles. The summed E-state index contributed by atoms with van der Waals surface area (Å²) in [4.78, 5) is 24.7. The zero-order valence-electron chi connectivity index (χ0n) is 16.6. The Labute approximate surface area is 179 Å². The van der Waals surface area contributed by atoms with Crippen molar-refractivity contribution < 1.29 is 9.59 Å². The van der Waals surface area contributed by atoms with Gasteiger partial charge in [0.25, 0.3) is 5.91 Å². The van der Waals surface area contributed by atoms with Crippen molar-refractivity contribution in [3.63, 3.8) is 0 Å². The maximum atomic E-state index is 12.5. The number of carbonyl (C=O) groups excluding carboxylic acids is 2. The topological polar surface area (TPSA) is 91.8 Å². The van der Waals surface area contributed by atoms with Gasteiger partial charge in [-0.05, 0) is 50.2 Å². The first-order valence-corrected chi connectivity index (χ1v) is 10.3. The second-order valence-electron chi connectivity index (χ2n) is 7.50. The summed E-state index contributed by atoms with van der Waals surface area (Å²) in [6.07, 6.45) is 2.29. The lowest BCUT2D eigenvalue weighted by Gasteiger charge is -2.09. The molecule has 1 heterocycles. The molecule has 154 valence electrons. The predicted molar refractivity (Wildman–Crippen MR) is 118 cm³/mol. The number of anilines is 1. The standard InChI is InChI=1S/C22H23N5O2S/c1-14-5-7-15(8-6-14)20-25-26-22(30)27(20)12-11-19(28)23-18-4-2-3-16(13-18)21(29)24-17-9-10-17/h2-8,13,17H,9-12H2,1H3,(H,23,28)(H,24,29)(H,26,30). The Hall–Kier alpha value is -3.26. The van der Waals surface area contributed by atoms with Gasteiger partial charge in [0.2, 0.25) is 5.91 Å². The van der Waals surface area contributed by atoms with Crippen LogP contribution in [0.15, 0.2) is 48.5 Å². The maximum Gasteiger partial charge on any atom is 0.251 e. The van der Waals surface area contributed by atoms with Gasteiger partial charge < -0.3 is 10.6 Å². The molecule has 1 aromatic heterocycles. The van der Waals surface area contributed by atoms with E-state index in [1.807, 2.05) is 35.8 Å². The third-order valence-corrected chi connectivity index (χ3v) is 5.26. The van der Waals surface area contributed by atoms with Gasteiger partial charge in [0.1, 0.15) is 0 Å². The average molecular weight is 422 g/mol. The van der Waals surface area contributed by atoms with Crippen molar-refractivity contribution in [2.75, 3.05) is 5.32 Å². The van der Waals surface area contributed by atoms with Crippen LogP contribution in [0.5, 0.6) is 0 Å². The Balaban J connectivity index is 1.40. The molecule has 2 aromatic carbocycles. The molecule has 0 radical (unpaired) electrons. The molecule has 8 heteroatoms. The van der Waals surface area contributed by atoms with Gasteiger partial charge in [-0.3, -0.25) is 19.3 Å². The molecule has 0 atom stereocenters. The van der Waals surface area contributed by atoms with Gasteiger partial charge in [-0.25, -0.2) is 0 Å². The molecule has 0 spiro atoms. The number of H-pyrrole nitrogens is 1. The molecule has 3 N–H and O–H groups in total. The highest BCUT2D eigenvalue weighted by atomic mass is 32.1. The van der Waals surface area contributed by atoms with E-state index in [4.69, 9.17) is 12.2 Å². The third-order valence-electron chi connectivity index (χ3n) is 4.95. The van der Waals surface area contributed by atoms with Crippen LogP contribution in [0, 0.1) is 11.7 Å². The average Bonchev–Trinajstić information content (AvgIpc) is 3.47. The number of benzene rings is 2. The Kier molecular flexibility index (Phi) is 5.76. The fourth-order valence-electron chi connectivity index (χ4n) is 3.12. The molecule has 1 saturated carbocycles. The van der Waals surface area contributed by atoms with Crippen LogP contribution < -0.4 is 10.6 Å². The molecule has 0 bridgehead atoms.